The highest BCUT2D eigenvalue weighted by Crippen LogP contribution is 2.47. The maximum atomic E-state index is 11.8. The zero-order chi connectivity index (χ0) is 12.4. The molecule has 0 unspecified atom stereocenters. The standard InChI is InChI=1S/C8H15N2O5P/c1-3-14-16(12,15-4-2)6-5-13-8(11)7-10-9/h7H,3-6H2,1-2H3. The predicted molar refractivity (Wildman–Crippen MR) is 56.4 cm³/mol. The van der Waals surface area contributed by atoms with E-state index in [1.165, 1.54) is 0 Å². The molecular weight excluding hydrogens is 235 g/mol. The molecule has 0 aromatic heterocycles. The normalized spacial score (nSPS) is 10.6. The lowest BCUT2D eigenvalue weighted by Gasteiger charge is -2.16. The van der Waals surface area contributed by atoms with Crippen LogP contribution in [-0.4, -0.2) is 43.0 Å². The van der Waals surface area contributed by atoms with Crippen LogP contribution in [0.5, 0.6) is 0 Å². The average Bonchev–Trinajstić information content (AvgIpc) is 2.18. The van der Waals surface area contributed by atoms with Crippen molar-refractivity contribution in [1.82, 2.24) is 0 Å². The highest BCUT2D eigenvalue weighted by Gasteiger charge is 2.23. The smallest absolute Gasteiger partial charge is 0.413 e. The summed E-state index contributed by atoms with van der Waals surface area (Å²) in [5.74, 6) is -0.818. The van der Waals surface area contributed by atoms with Crippen LogP contribution in [0.4, 0.5) is 0 Å². The van der Waals surface area contributed by atoms with Crippen molar-refractivity contribution in [3.8, 4) is 0 Å². The number of rotatable bonds is 8. The van der Waals surface area contributed by atoms with E-state index in [1.54, 1.807) is 13.8 Å². The van der Waals surface area contributed by atoms with Crippen LogP contribution >= 0.6 is 7.60 Å². The fourth-order valence-corrected chi connectivity index (χ4v) is 2.34. The number of esters is 1. The van der Waals surface area contributed by atoms with E-state index >= 15 is 0 Å². The summed E-state index contributed by atoms with van der Waals surface area (Å²) in [4.78, 5) is 13.2. The zero-order valence-electron chi connectivity index (χ0n) is 9.29. The van der Waals surface area contributed by atoms with Gasteiger partial charge in [0.15, 0.2) is 0 Å². The van der Waals surface area contributed by atoms with Gasteiger partial charge in [0, 0.05) is 0 Å². The van der Waals surface area contributed by atoms with E-state index in [4.69, 9.17) is 14.6 Å². The maximum absolute atomic E-state index is 11.8. The molecule has 0 fully saturated rings. The Morgan fingerprint density at radius 1 is 1.38 bits per heavy atom. The molecule has 7 nitrogen and oxygen atoms in total. The highest BCUT2D eigenvalue weighted by molar-refractivity contribution is 7.53. The number of hydrogen-bond acceptors (Lipinski definition) is 5. The fraction of sp³-hybridized carbons (Fsp3) is 0.750. The summed E-state index contributed by atoms with van der Waals surface area (Å²) >= 11 is 0. The molecule has 0 spiro atoms. The van der Waals surface area contributed by atoms with Crippen molar-refractivity contribution in [3.05, 3.63) is 5.53 Å². The van der Waals surface area contributed by atoms with Crippen molar-refractivity contribution in [2.24, 2.45) is 0 Å². The number of hydrogen-bond donors (Lipinski definition) is 0. The molecule has 0 heterocycles. The van der Waals surface area contributed by atoms with E-state index in [0.717, 1.165) is 0 Å². The molecule has 0 bridgehead atoms. The monoisotopic (exact) mass is 250 g/mol. The van der Waals surface area contributed by atoms with Crippen molar-refractivity contribution in [2.75, 3.05) is 26.0 Å². The molecule has 0 aromatic carbocycles. The van der Waals surface area contributed by atoms with Crippen molar-refractivity contribution < 1.29 is 27.9 Å². The Balaban J connectivity index is 4.07. The van der Waals surface area contributed by atoms with Gasteiger partial charge in [-0.15, -0.1) is 0 Å². The van der Waals surface area contributed by atoms with Crippen molar-refractivity contribution in [2.45, 2.75) is 13.8 Å². The first-order valence-electron chi connectivity index (χ1n) is 4.80. The third-order valence-corrected chi connectivity index (χ3v) is 3.46. The van der Waals surface area contributed by atoms with Crippen molar-refractivity contribution >= 4 is 19.8 Å². The first-order chi connectivity index (χ1) is 7.58. The lowest BCUT2D eigenvalue weighted by molar-refractivity contribution is -0.138. The number of carbonyl (C=O) groups is 1. The third kappa shape index (κ3) is 6.48. The van der Waals surface area contributed by atoms with E-state index in [0.29, 0.717) is 6.21 Å². The van der Waals surface area contributed by atoms with Crippen molar-refractivity contribution in [3.63, 3.8) is 0 Å². The molecular formula is C8H15N2O5P. The number of ether oxygens (including phenoxy) is 1. The third-order valence-electron chi connectivity index (χ3n) is 1.42. The molecule has 0 radical (unpaired) electrons. The summed E-state index contributed by atoms with van der Waals surface area (Å²) in [6.07, 6.45) is 0.575. The Hall–Kier alpha value is -1.00. The Morgan fingerprint density at radius 2 is 1.94 bits per heavy atom. The van der Waals surface area contributed by atoms with E-state index in [2.05, 4.69) is 9.53 Å². The van der Waals surface area contributed by atoms with Gasteiger partial charge in [0.25, 0.3) is 0 Å². The van der Waals surface area contributed by atoms with Crippen LogP contribution in [0.2, 0.25) is 0 Å². The van der Waals surface area contributed by atoms with Gasteiger partial charge in [0.1, 0.15) is 6.61 Å². The highest BCUT2D eigenvalue weighted by atomic mass is 31.2. The molecule has 0 aliphatic carbocycles. The molecule has 0 aliphatic rings. The fourth-order valence-electron chi connectivity index (χ4n) is 0.902. The molecule has 0 rings (SSSR count). The van der Waals surface area contributed by atoms with Crippen LogP contribution in [0, 0.1) is 0 Å². The molecule has 92 valence electrons. The molecule has 0 atom stereocenters. The SMILES string of the molecule is CCOP(=O)(CCOC(=O)C=[N+]=[N-])OCC. The van der Waals surface area contributed by atoms with E-state index < -0.39 is 13.6 Å². The van der Waals surface area contributed by atoms with Crippen LogP contribution < -0.4 is 0 Å². The zero-order valence-corrected chi connectivity index (χ0v) is 10.2. The van der Waals surface area contributed by atoms with Gasteiger partial charge < -0.3 is 19.3 Å². The van der Waals surface area contributed by atoms with Gasteiger partial charge >= 0.3 is 19.8 Å². The number of carbonyl (C=O) groups excluding carboxylic acids is 1. The van der Waals surface area contributed by atoms with Gasteiger partial charge in [-0.05, 0) is 13.8 Å². The lowest BCUT2D eigenvalue weighted by atomic mass is 10.7. The first-order valence-corrected chi connectivity index (χ1v) is 6.53. The Bertz CT molecular complexity index is 304. The van der Waals surface area contributed by atoms with Gasteiger partial charge in [-0.3, -0.25) is 4.57 Å². The van der Waals surface area contributed by atoms with Gasteiger partial charge in [-0.25, -0.2) is 4.79 Å². The maximum Gasteiger partial charge on any atom is 0.413 e. The molecule has 0 aliphatic heterocycles. The molecule has 8 heteroatoms. The summed E-state index contributed by atoms with van der Waals surface area (Å²) in [6, 6.07) is 0. The molecule has 0 saturated heterocycles. The molecule has 0 amide bonds. The van der Waals surface area contributed by atoms with Gasteiger partial charge in [0.2, 0.25) is 0 Å². The predicted octanol–water partition coefficient (Wildman–Crippen LogP) is 1.10. The number of nitrogens with zero attached hydrogens (tertiary/aromatic N) is 2. The van der Waals surface area contributed by atoms with Crippen molar-refractivity contribution in [1.29, 1.82) is 0 Å². The molecule has 0 saturated carbocycles. The quantitative estimate of drug-likeness (QED) is 0.211. The Kier molecular flexibility index (Phi) is 7.68. The van der Waals surface area contributed by atoms with Crippen LogP contribution in [-0.2, 0) is 23.1 Å². The second-order valence-corrected chi connectivity index (χ2v) is 4.77. The van der Waals surface area contributed by atoms with Crippen LogP contribution in [0.25, 0.3) is 5.53 Å². The second kappa shape index (κ2) is 8.19. The summed E-state index contributed by atoms with van der Waals surface area (Å²) in [5.41, 5.74) is 8.03. The minimum absolute atomic E-state index is 0.0281. The first kappa shape index (κ1) is 15.0. The summed E-state index contributed by atoms with van der Waals surface area (Å²) in [5, 5.41) is 0. The summed E-state index contributed by atoms with van der Waals surface area (Å²) in [7, 11) is -3.18. The van der Waals surface area contributed by atoms with E-state index in [9.17, 15) is 9.36 Å². The minimum atomic E-state index is -3.18. The largest absolute Gasteiger partial charge is 0.457 e. The average molecular weight is 250 g/mol. The van der Waals surface area contributed by atoms with E-state index in [-0.39, 0.29) is 26.0 Å². The van der Waals surface area contributed by atoms with Gasteiger partial charge in [-0.1, -0.05) is 0 Å². The lowest BCUT2D eigenvalue weighted by Crippen LogP contribution is -2.12. The van der Waals surface area contributed by atoms with Gasteiger partial charge in [-0.2, -0.15) is 4.79 Å². The van der Waals surface area contributed by atoms with Crippen LogP contribution in [0.15, 0.2) is 0 Å². The summed E-state index contributed by atoms with van der Waals surface area (Å²) < 4.78 is 26.4. The molecule has 0 aromatic rings. The van der Waals surface area contributed by atoms with Crippen LogP contribution in [0.3, 0.4) is 0 Å². The molecule has 16 heavy (non-hydrogen) atoms. The molecule has 0 N–H and O–H groups in total. The van der Waals surface area contributed by atoms with E-state index in [1.807, 2.05) is 0 Å². The Labute approximate surface area is 93.8 Å². The minimum Gasteiger partial charge on any atom is -0.457 e. The topological polar surface area (TPSA) is 98.2 Å². The van der Waals surface area contributed by atoms with Crippen LogP contribution in [0.1, 0.15) is 13.8 Å². The van der Waals surface area contributed by atoms with Gasteiger partial charge in [0.05, 0.1) is 19.4 Å². The Morgan fingerprint density at radius 3 is 2.38 bits per heavy atom. The summed E-state index contributed by atoms with van der Waals surface area (Å²) in [6.45, 7) is 3.76. The second-order valence-electron chi connectivity index (χ2n) is 2.58.